The zero-order valence-corrected chi connectivity index (χ0v) is 42.5. The van der Waals surface area contributed by atoms with Gasteiger partial charge in [0.25, 0.3) is 0 Å². The number of aliphatic hydroxyl groups is 8. The molecule has 0 aromatic heterocycles. The van der Waals surface area contributed by atoms with E-state index in [1.54, 1.807) is 0 Å². The van der Waals surface area contributed by atoms with Crippen molar-refractivity contribution in [3.05, 3.63) is 0 Å². The van der Waals surface area contributed by atoms with Crippen molar-refractivity contribution < 1.29 is 184 Å². The van der Waals surface area contributed by atoms with E-state index in [1.165, 1.54) is 0 Å². The molecule has 4 aliphatic heterocycles. The van der Waals surface area contributed by atoms with Crippen LogP contribution in [0.3, 0.4) is 0 Å². The highest BCUT2D eigenvalue weighted by Gasteiger charge is 2.59. The molecule has 48 heteroatoms. The van der Waals surface area contributed by atoms with Crippen LogP contribution in [0.2, 0.25) is 0 Å². The lowest BCUT2D eigenvalue weighted by atomic mass is 9.94. The van der Waals surface area contributed by atoms with Crippen LogP contribution in [0.15, 0.2) is 0 Å². The second kappa shape index (κ2) is 26.8. The zero-order valence-electron chi connectivity index (χ0n) is 38.4. The van der Waals surface area contributed by atoms with Gasteiger partial charge in [0.2, 0.25) is 0 Å². The van der Waals surface area contributed by atoms with Crippen LogP contribution in [0.25, 0.3) is 0 Å². The first-order chi connectivity index (χ1) is 35.5. The summed E-state index contributed by atoms with van der Waals surface area (Å²) < 4.78 is 228. The lowest BCUT2D eigenvalue weighted by Crippen LogP contribution is -2.70. The highest BCUT2D eigenvalue weighted by Crippen LogP contribution is 2.37. The summed E-state index contributed by atoms with van der Waals surface area (Å²) in [5, 5.41) is 106. The number of hydrogen-bond acceptors (Lipinski definition) is 36. The predicted molar refractivity (Wildman–Crippen MR) is 228 cm³/mol. The van der Waals surface area contributed by atoms with Gasteiger partial charge in [-0.2, -0.15) is 42.1 Å². The molecule has 24 atom stereocenters. The van der Waals surface area contributed by atoms with E-state index in [4.69, 9.17) is 64.2 Å². The van der Waals surface area contributed by atoms with Gasteiger partial charge in [-0.25, -0.2) is 30.5 Å². The van der Waals surface area contributed by atoms with Crippen LogP contribution in [-0.2, 0) is 120 Å². The number of rotatable bonds is 27. The fourth-order valence-corrected chi connectivity index (χ4v) is 9.50. The molecule has 43 nitrogen and oxygen atoms in total. The number of carboxylic acid groups (broad SMARTS) is 2. The van der Waals surface area contributed by atoms with Gasteiger partial charge >= 0.3 is 63.9 Å². The average molecular weight is 1260 g/mol. The molecule has 0 unspecified atom stereocenters. The Balaban J connectivity index is 1.73. The molecule has 4 fully saturated rings. The van der Waals surface area contributed by atoms with Crippen LogP contribution >= 0.6 is 0 Å². The van der Waals surface area contributed by atoms with Gasteiger partial charge in [-0.1, -0.05) is 0 Å². The lowest BCUT2D eigenvalue weighted by Gasteiger charge is -2.49. The Hall–Kier alpha value is -2.47. The van der Waals surface area contributed by atoms with Crippen molar-refractivity contribution in [2.45, 2.75) is 147 Å². The molecule has 458 valence electrons. The Bertz CT molecular complexity index is 2600. The monoisotopic (exact) mass is 1260 g/mol. The third-order valence-corrected chi connectivity index (χ3v) is 13.4. The lowest BCUT2D eigenvalue weighted by molar-refractivity contribution is -0.369. The van der Waals surface area contributed by atoms with Crippen LogP contribution in [0.1, 0.15) is 0 Å². The molecule has 0 bridgehead atoms. The third kappa shape index (κ3) is 18.8. The van der Waals surface area contributed by atoms with Gasteiger partial charge in [0, 0.05) is 0 Å². The van der Waals surface area contributed by atoms with Crippen molar-refractivity contribution >= 4 is 63.9 Å². The SMILES string of the molecule is N[C@H]1[C@@H](O[C@H]2[C@H](O)[C@@H](O)[C@H](O[C@H]3[C@H](OS(=O)(=O)O)[C@@H](N)[C@@H](O[C@H]4[C@H](O)[C@@H](OS(=O)(=O)O)[C@H](O[C@@H]([C@H](O)[C@@H](N)CO)[C@H](O)COS(=O)(=O)O)O[C@H]4C(=O)O)O[C@@H]3COS(=O)(=O)O)O[C@@H]2C(=O)O)O[C@H](COS(=O)(=O)O)[C@@H](O)[C@@H]1O. The molecule has 78 heavy (non-hydrogen) atoms. The molecule has 4 saturated heterocycles. The Morgan fingerprint density at radius 1 is 0.500 bits per heavy atom. The number of aliphatic carboxylic acids is 2. The second-order valence-corrected chi connectivity index (χ2v) is 22.0. The Labute approximate surface area is 437 Å². The maximum atomic E-state index is 12.7. The molecule has 4 aliphatic rings. The summed E-state index contributed by atoms with van der Waals surface area (Å²) in [6.45, 7) is -5.72. The molecule has 0 aromatic carbocycles. The Morgan fingerprint density at radius 2 is 0.936 bits per heavy atom. The average Bonchev–Trinajstić information content (AvgIpc) is 3.30. The van der Waals surface area contributed by atoms with Gasteiger partial charge in [-0.3, -0.25) is 22.8 Å². The number of carbonyl (C=O) groups is 2. The molecule has 4 heterocycles. The number of nitrogens with two attached hydrogens (primary N) is 3. The third-order valence-electron chi connectivity index (χ3n) is 11.1. The minimum Gasteiger partial charge on any atom is -0.479 e. The van der Waals surface area contributed by atoms with Crippen molar-refractivity contribution in [3.63, 3.8) is 0 Å². The minimum atomic E-state index is -5.96. The highest BCUT2D eigenvalue weighted by molar-refractivity contribution is 7.81. The molecule has 0 aromatic rings. The van der Waals surface area contributed by atoms with Crippen molar-refractivity contribution in [1.29, 1.82) is 0 Å². The fraction of sp³-hybridized carbons (Fsp3) is 0.933. The van der Waals surface area contributed by atoms with Crippen LogP contribution in [0.4, 0.5) is 0 Å². The summed E-state index contributed by atoms with van der Waals surface area (Å²) in [6, 6.07) is -6.38. The quantitative estimate of drug-likeness (QED) is 0.0340. The number of carboxylic acids is 2. The zero-order chi connectivity index (χ0) is 59.5. The maximum absolute atomic E-state index is 12.7. The van der Waals surface area contributed by atoms with Crippen LogP contribution in [0, 0.1) is 0 Å². The predicted octanol–water partition coefficient (Wildman–Crippen LogP) is -13.1. The number of aliphatic hydroxyl groups excluding tert-OH is 8. The van der Waals surface area contributed by atoms with Gasteiger partial charge in [0.15, 0.2) is 43.5 Å². The maximum Gasteiger partial charge on any atom is 0.397 e. The van der Waals surface area contributed by atoms with Crippen molar-refractivity contribution in [3.8, 4) is 0 Å². The molecule has 0 spiro atoms. The van der Waals surface area contributed by atoms with E-state index >= 15 is 0 Å². The first-order valence-electron chi connectivity index (χ1n) is 21.0. The van der Waals surface area contributed by atoms with Gasteiger partial charge in [0.05, 0.1) is 44.6 Å². The molecule has 21 N–H and O–H groups in total. The van der Waals surface area contributed by atoms with Crippen molar-refractivity contribution in [1.82, 2.24) is 0 Å². The van der Waals surface area contributed by atoms with Crippen LogP contribution < -0.4 is 17.2 Å². The van der Waals surface area contributed by atoms with Gasteiger partial charge < -0.3 is 106 Å². The summed E-state index contributed by atoms with van der Waals surface area (Å²) in [7, 11) is -28.2. The van der Waals surface area contributed by atoms with Gasteiger partial charge in [-0.15, -0.1) is 0 Å². The van der Waals surface area contributed by atoms with E-state index in [9.17, 15) is 116 Å². The Kier molecular flexibility index (Phi) is 23.4. The molecular formula is C30H53N3O40S5. The molecule has 0 amide bonds. The minimum absolute atomic E-state index is 1.18. The number of ether oxygens (including phenoxy) is 8. The molecule has 0 saturated carbocycles. The summed E-state index contributed by atoms with van der Waals surface area (Å²) in [4.78, 5) is 25.3. The van der Waals surface area contributed by atoms with Crippen molar-refractivity contribution in [2.24, 2.45) is 17.2 Å². The smallest absolute Gasteiger partial charge is 0.397 e. The Morgan fingerprint density at radius 3 is 1.41 bits per heavy atom. The van der Waals surface area contributed by atoms with Gasteiger partial charge in [-0.05, 0) is 0 Å². The molecule has 0 radical (unpaired) electrons. The van der Waals surface area contributed by atoms with E-state index in [-0.39, 0.29) is 0 Å². The highest BCUT2D eigenvalue weighted by atomic mass is 32.3. The van der Waals surface area contributed by atoms with E-state index in [0.717, 1.165) is 0 Å². The summed E-state index contributed by atoms with van der Waals surface area (Å²) in [5.74, 6) is -4.44. The van der Waals surface area contributed by atoms with E-state index < -0.39 is 237 Å². The standard InChI is InChI=1S/C30H53N3O40S5/c31-5(1-34)11(36)17(6(35)2-61-74(46,47)48)66-30-22(73-78(58,59)60)16(41)21(24(71-30)26(44)45)69-28-10(33)19(72-77(55,56)57)18(8(65-28)4-63-76(52,53)54)67-29-15(40)14(39)20(23(70-29)25(42)43)68-27-9(32)13(38)12(37)7(64-27)3-62-75(49,50)51/h5-24,27-30,34-41H,1-4,31-33H2,(H,42,43)(H,44,45)(H,46,47,48)(H,49,50,51)(H,52,53,54)(H,55,56,57)(H,58,59,60)/t5-,6+,7+,8+,9+,10+,11+,12+,13+,14+,15+,16-,17+,18+,19+,20-,21-,22+,23-,24+,27+,28+,29+,30+/m0/s1. The fourth-order valence-electron chi connectivity index (χ4n) is 7.58. The molecule has 4 rings (SSSR count). The first-order valence-corrected chi connectivity index (χ1v) is 27.9. The van der Waals surface area contributed by atoms with E-state index in [0.29, 0.717) is 0 Å². The normalized spacial score (nSPS) is 38.2. The first kappa shape index (κ1) is 68.0. The summed E-state index contributed by atoms with van der Waals surface area (Å²) in [6.07, 6.45) is -54.4. The number of hydrogen-bond donors (Lipinski definition) is 18. The van der Waals surface area contributed by atoms with E-state index in [2.05, 4.69) is 20.9 Å². The molecular weight excluding hydrogens is 1200 g/mol. The summed E-state index contributed by atoms with van der Waals surface area (Å²) in [5.41, 5.74) is 17.5. The van der Waals surface area contributed by atoms with E-state index in [1.807, 2.05) is 0 Å². The second-order valence-electron chi connectivity index (χ2n) is 16.6. The summed E-state index contributed by atoms with van der Waals surface area (Å²) >= 11 is 0. The van der Waals surface area contributed by atoms with Crippen LogP contribution in [-0.4, -0.2) is 301 Å². The van der Waals surface area contributed by atoms with Crippen LogP contribution in [0.5, 0.6) is 0 Å². The van der Waals surface area contributed by atoms with Crippen molar-refractivity contribution in [2.75, 3.05) is 26.4 Å². The van der Waals surface area contributed by atoms with Gasteiger partial charge in [0.1, 0.15) is 85.5 Å². The largest absolute Gasteiger partial charge is 0.479 e. The molecule has 0 aliphatic carbocycles. The topological polar surface area (TPSA) is 706 Å².